The molecule has 1 aromatic rings. The van der Waals surface area contributed by atoms with Gasteiger partial charge in [-0.1, -0.05) is 13.8 Å². The van der Waals surface area contributed by atoms with Crippen LogP contribution in [0.3, 0.4) is 0 Å². The highest BCUT2D eigenvalue weighted by atomic mass is 16.2. The van der Waals surface area contributed by atoms with Crippen LogP contribution in [0.5, 0.6) is 0 Å². The SMILES string of the molecule is CCC1CN(C(=O)c2nccn2C)C(CC)CN1. The Kier molecular flexibility index (Phi) is 4.01. The Labute approximate surface area is 108 Å². The van der Waals surface area contributed by atoms with E-state index in [0.717, 1.165) is 25.9 Å². The number of piperazine rings is 1. The van der Waals surface area contributed by atoms with Crippen LogP contribution in [0.25, 0.3) is 0 Å². The number of carbonyl (C=O) groups excluding carboxylic acids is 1. The summed E-state index contributed by atoms with van der Waals surface area (Å²) in [4.78, 5) is 18.7. The molecule has 1 amide bonds. The molecule has 5 heteroatoms. The summed E-state index contributed by atoms with van der Waals surface area (Å²) in [5.41, 5.74) is 0. The summed E-state index contributed by atoms with van der Waals surface area (Å²) in [6.07, 6.45) is 5.50. The highest BCUT2D eigenvalue weighted by molar-refractivity contribution is 5.91. The zero-order valence-corrected chi connectivity index (χ0v) is 11.4. The first kappa shape index (κ1) is 13.1. The predicted octanol–water partition coefficient (Wildman–Crippen LogP) is 1.02. The van der Waals surface area contributed by atoms with Crippen molar-refractivity contribution in [3.63, 3.8) is 0 Å². The minimum Gasteiger partial charge on any atom is -0.330 e. The van der Waals surface area contributed by atoms with E-state index in [1.54, 1.807) is 10.8 Å². The van der Waals surface area contributed by atoms with Gasteiger partial charge in [-0.15, -0.1) is 0 Å². The van der Waals surface area contributed by atoms with Crippen molar-refractivity contribution in [2.24, 2.45) is 7.05 Å². The van der Waals surface area contributed by atoms with Crippen LogP contribution in [-0.4, -0.2) is 45.5 Å². The van der Waals surface area contributed by atoms with Gasteiger partial charge in [-0.2, -0.15) is 0 Å². The predicted molar refractivity (Wildman–Crippen MR) is 70.4 cm³/mol. The molecular formula is C13H22N4O. The summed E-state index contributed by atoms with van der Waals surface area (Å²) in [5.74, 6) is 0.583. The van der Waals surface area contributed by atoms with E-state index >= 15 is 0 Å². The lowest BCUT2D eigenvalue weighted by Crippen LogP contribution is -2.58. The van der Waals surface area contributed by atoms with Gasteiger partial charge in [-0.25, -0.2) is 4.98 Å². The van der Waals surface area contributed by atoms with Crippen LogP contribution in [0, 0.1) is 0 Å². The van der Waals surface area contributed by atoms with E-state index in [0.29, 0.717) is 11.9 Å². The number of imidazole rings is 1. The normalized spacial score (nSPS) is 24.3. The van der Waals surface area contributed by atoms with Crippen molar-refractivity contribution in [3.8, 4) is 0 Å². The first-order valence-corrected chi connectivity index (χ1v) is 6.69. The van der Waals surface area contributed by atoms with Crippen LogP contribution in [0.4, 0.5) is 0 Å². The molecule has 1 aliphatic rings. The van der Waals surface area contributed by atoms with E-state index in [4.69, 9.17) is 0 Å². The van der Waals surface area contributed by atoms with Crippen molar-refractivity contribution in [1.29, 1.82) is 0 Å². The van der Waals surface area contributed by atoms with Crippen LogP contribution in [0.1, 0.15) is 37.3 Å². The minimum absolute atomic E-state index is 0.0503. The van der Waals surface area contributed by atoms with E-state index in [-0.39, 0.29) is 11.9 Å². The number of nitrogens with one attached hydrogen (secondary N) is 1. The molecule has 1 aromatic heterocycles. The Morgan fingerprint density at radius 2 is 2.28 bits per heavy atom. The zero-order valence-electron chi connectivity index (χ0n) is 11.4. The summed E-state index contributed by atoms with van der Waals surface area (Å²) < 4.78 is 1.79. The van der Waals surface area contributed by atoms with Crippen LogP contribution < -0.4 is 5.32 Å². The molecular weight excluding hydrogens is 228 g/mol. The quantitative estimate of drug-likeness (QED) is 0.871. The van der Waals surface area contributed by atoms with Crippen LogP contribution in [0.15, 0.2) is 12.4 Å². The number of amides is 1. The highest BCUT2D eigenvalue weighted by Gasteiger charge is 2.31. The van der Waals surface area contributed by atoms with Crippen LogP contribution in [-0.2, 0) is 7.05 Å². The highest BCUT2D eigenvalue weighted by Crippen LogP contribution is 2.15. The summed E-state index contributed by atoms with van der Waals surface area (Å²) >= 11 is 0. The largest absolute Gasteiger partial charge is 0.330 e. The molecule has 2 unspecified atom stereocenters. The van der Waals surface area contributed by atoms with Gasteiger partial charge < -0.3 is 14.8 Å². The number of rotatable bonds is 3. The van der Waals surface area contributed by atoms with Crippen molar-refractivity contribution < 1.29 is 4.79 Å². The molecule has 100 valence electrons. The van der Waals surface area contributed by atoms with E-state index < -0.39 is 0 Å². The Morgan fingerprint density at radius 3 is 2.83 bits per heavy atom. The fraction of sp³-hybridized carbons (Fsp3) is 0.692. The number of hydrogen-bond acceptors (Lipinski definition) is 3. The standard InChI is InChI=1S/C13H22N4O/c1-4-10-9-17(11(5-2)8-15-10)13(18)12-14-6-7-16(12)3/h6-7,10-11,15H,4-5,8-9H2,1-3H3. The van der Waals surface area contributed by atoms with E-state index in [2.05, 4.69) is 24.1 Å². The lowest BCUT2D eigenvalue weighted by atomic mass is 10.1. The third-order valence-electron chi connectivity index (χ3n) is 3.74. The smallest absolute Gasteiger partial charge is 0.290 e. The second-order valence-electron chi connectivity index (χ2n) is 4.89. The maximum atomic E-state index is 12.5. The molecule has 0 aliphatic carbocycles. The van der Waals surface area contributed by atoms with Gasteiger partial charge in [-0.3, -0.25) is 4.79 Å². The fourth-order valence-electron chi connectivity index (χ4n) is 2.45. The average molecular weight is 250 g/mol. The topological polar surface area (TPSA) is 50.2 Å². The Balaban J connectivity index is 2.17. The molecule has 1 N–H and O–H groups in total. The van der Waals surface area contributed by atoms with Gasteiger partial charge in [0.05, 0.1) is 0 Å². The Hall–Kier alpha value is -1.36. The third kappa shape index (κ3) is 2.41. The first-order valence-electron chi connectivity index (χ1n) is 6.69. The van der Waals surface area contributed by atoms with Gasteiger partial charge in [-0.05, 0) is 12.8 Å². The average Bonchev–Trinajstić information content (AvgIpc) is 2.83. The molecule has 0 spiro atoms. The monoisotopic (exact) mass is 250 g/mol. The summed E-state index contributed by atoms with van der Waals surface area (Å²) in [5, 5.41) is 3.49. The van der Waals surface area contributed by atoms with Crippen LogP contribution >= 0.6 is 0 Å². The maximum absolute atomic E-state index is 12.5. The minimum atomic E-state index is 0.0503. The molecule has 5 nitrogen and oxygen atoms in total. The summed E-state index contributed by atoms with van der Waals surface area (Å²) in [6, 6.07) is 0.675. The number of carbonyl (C=O) groups is 1. The van der Waals surface area contributed by atoms with Gasteiger partial charge in [0.2, 0.25) is 0 Å². The van der Waals surface area contributed by atoms with Gasteiger partial charge in [0.25, 0.3) is 5.91 Å². The molecule has 0 bridgehead atoms. The Morgan fingerprint density at radius 1 is 1.50 bits per heavy atom. The first-order chi connectivity index (χ1) is 8.67. The molecule has 18 heavy (non-hydrogen) atoms. The second-order valence-corrected chi connectivity index (χ2v) is 4.89. The maximum Gasteiger partial charge on any atom is 0.290 e. The molecule has 2 heterocycles. The second kappa shape index (κ2) is 5.52. The molecule has 1 fully saturated rings. The Bertz CT molecular complexity index is 415. The van der Waals surface area contributed by atoms with Gasteiger partial charge in [0, 0.05) is 44.6 Å². The van der Waals surface area contributed by atoms with Gasteiger partial charge >= 0.3 is 0 Å². The molecule has 1 aliphatic heterocycles. The summed E-state index contributed by atoms with van der Waals surface area (Å²) in [6.45, 7) is 5.93. The lowest BCUT2D eigenvalue weighted by Gasteiger charge is -2.39. The van der Waals surface area contributed by atoms with E-state index in [9.17, 15) is 4.79 Å². The van der Waals surface area contributed by atoms with Crippen molar-refractivity contribution in [1.82, 2.24) is 19.8 Å². The molecule has 2 rings (SSSR count). The number of aryl methyl sites for hydroxylation is 1. The molecule has 0 aromatic carbocycles. The number of nitrogens with zero attached hydrogens (tertiary/aromatic N) is 3. The van der Waals surface area contributed by atoms with Crippen LogP contribution in [0.2, 0.25) is 0 Å². The molecule has 0 radical (unpaired) electrons. The van der Waals surface area contributed by atoms with Gasteiger partial charge in [0.15, 0.2) is 5.82 Å². The van der Waals surface area contributed by atoms with E-state index in [1.807, 2.05) is 18.1 Å². The zero-order chi connectivity index (χ0) is 13.1. The van der Waals surface area contributed by atoms with Crippen molar-refractivity contribution in [2.45, 2.75) is 38.8 Å². The van der Waals surface area contributed by atoms with Crippen molar-refractivity contribution in [3.05, 3.63) is 18.2 Å². The summed E-state index contributed by atoms with van der Waals surface area (Å²) in [7, 11) is 1.86. The fourth-order valence-corrected chi connectivity index (χ4v) is 2.45. The van der Waals surface area contributed by atoms with Crippen molar-refractivity contribution in [2.75, 3.05) is 13.1 Å². The third-order valence-corrected chi connectivity index (χ3v) is 3.74. The lowest BCUT2D eigenvalue weighted by molar-refractivity contribution is 0.0560. The molecule has 0 saturated carbocycles. The molecule has 2 atom stereocenters. The van der Waals surface area contributed by atoms with Crippen molar-refractivity contribution >= 4 is 5.91 Å². The molecule has 1 saturated heterocycles. The van der Waals surface area contributed by atoms with E-state index in [1.165, 1.54) is 0 Å². The number of aromatic nitrogens is 2. The van der Waals surface area contributed by atoms with Gasteiger partial charge in [0.1, 0.15) is 0 Å². The number of hydrogen-bond donors (Lipinski definition) is 1.